The fourth-order valence-corrected chi connectivity index (χ4v) is 9.42. The molecular weight excluding hydrogens is 448 g/mol. The summed E-state index contributed by atoms with van der Waals surface area (Å²) in [5.41, 5.74) is 3.45. The third-order valence-electron chi connectivity index (χ3n) is 11.4. The largest absolute Gasteiger partial charge is 0.466 e. The van der Waals surface area contributed by atoms with E-state index in [9.17, 15) is 14.7 Å². The van der Waals surface area contributed by atoms with Crippen LogP contribution in [-0.4, -0.2) is 29.1 Å². The van der Waals surface area contributed by atoms with Crippen LogP contribution in [0.25, 0.3) is 0 Å². The van der Waals surface area contributed by atoms with Gasteiger partial charge in [-0.1, -0.05) is 50.5 Å². The number of fused-ring (bicyclic) bond motifs is 4. The van der Waals surface area contributed by atoms with Gasteiger partial charge in [0.15, 0.2) is 0 Å². The Morgan fingerprint density at radius 3 is 2.31 bits per heavy atom. The molecule has 36 heavy (non-hydrogen) atoms. The Hall–Kier alpha value is -1.42. The van der Waals surface area contributed by atoms with E-state index < -0.39 is 5.60 Å². The number of aliphatic hydroxyl groups is 1. The van der Waals surface area contributed by atoms with Crippen molar-refractivity contribution in [2.45, 2.75) is 119 Å². The van der Waals surface area contributed by atoms with E-state index >= 15 is 0 Å². The average Bonchev–Trinajstić information content (AvgIpc) is 3.09. The smallest absolute Gasteiger partial charge is 0.302 e. The molecule has 1 N–H and O–H groups in total. The van der Waals surface area contributed by atoms with E-state index in [-0.39, 0.29) is 40.0 Å². The second kappa shape index (κ2) is 9.40. The molecule has 2 fully saturated rings. The highest BCUT2D eigenvalue weighted by Crippen LogP contribution is 2.70. The van der Waals surface area contributed by atoms with Gasteiger partial charge in [-0.2, -0.15) is 0 Å². The average molecular weight is 499 g/mol. The van der Waals surface area contributed by atoms with Crippen molar-refractivity contribution >= 4 is 11.8 Å². The first kappa shape index (κ1) is 27.6. The van der Waals surface area contributed by atoms with E-state index in [1.165, 1.54) is 12.5 Å². The van der Waals surface area contributed by atoms with Crippen LogP contribution in [0.5, 0.6) is 0 Å². The molecule has 0 heterocycles. The number of allylic oxidation sites excluding steroid dienone is 4. The van der Waals surface area contributed by atoms with Crippen LogP contribution in [-0.2, 0) is 14.3 Å². The molecule has 0 saturated heterocycles. The maximum Gasteiger partial charge on any atom is 0.302 e. The molecule has 4 heteroatoms. The highest BCUT2D eigenvalue weighted by Gasteiger charge is 2.64. The van der Waals surface area contributed by atoms with Crippen molar-refractivity contribution < 1.29 is 19.4 Å². The summed E-state index contributed by atoms with van der Waals surface area (Å²) in [4.78, 5) is 24.6. The molecule has 0 aliphatic heterocycles. The highest BCUT2D eigenvalue weighted by molar-refractivity contribution is 5.85. The van der Waals surface area contributed by atoms with Gasteiger partial charge < -0.3 is 9.84 Å². The van der Waals surface area contributed by atoms with Crippen LogP contribution in [0.3, 0.4) is 0 Å². The number of rotatable bonds is 6. The number of ether oxygens (including phenoxy) is 1. The van der Waals surface area contributed by atoms with Gasteiger partial charge in [0.05, 0.1) is 12.2 Å². The highest BCUT2D eigenvalue weighted by atomic mass is 16.5. The molecule has 202 valence electrons. The summed E-state index contributed by atoms with van der Waals surface area (Å²) in [6.45, 7) is 17.4. The van der Waals surface area contributed by atoms with Crippen LogP contribution < -0.4 is 0 Å². The number of hydrogen-bond acceptors (Lipinski definition) is 4. The zero-order valence-corrected chi connectivity index (χ0v) is 24.1. The van der Waals surface area contributed by atoms with Crippen LogP contribution in [0.15, 0.2) is 22.8 Å². The standard InChI is InChI=1S/C32H50O4/c1-20(2)10-9-11-22(19-36-21(3)33)23-14-16-30(6)24-12-13-26-29(4,5)28(34)15-17-31(26,7)25(24)18-27(30)32(23,8)35/h10,22-23,26-27,35H,9,11-19H2,1-8H3/t22-,23+,26-,27+,30-,31+,32+/m0/s1. The number of esters is 1. The lowest BCUT2D eigenvalue weighted by atomic mass is 9.49. The Labute approximate surface area is 219 Å². The quantitative estimate of drug-likeness (QED) is 0.311. The van der Waals surface area contributed by atoms with E-state index in [4.69, 9.17) is 4.74 Å². The third kappa shape index (κ3) is 4.33. The van der Waals surface area contributed by atoms with Crippen molar-refractivity contribution in [3.05, 3.63) is 22.8 Å². The van der Waals surface area contributed by atoms with E-state index in [1.807, 2.05) is 0 Å². The molecule has 0 radical (unpaired) electrons. The maximum absolute atomic E-state index is 12.9. The van der Waals surface area contributed by atoms with Gasteiger partial charge >= 0.3 is 5.97 Å². The molecule has 0 unspecified atom stereocenters. The Morgan fingerprint density at radius 1 is 1.00 bits per heavy atom. The predicted molar refractivity (Wildman–Crippen MR) is 144 cm³/mol. The Bertz CT molecular complexity index is 965. The molecule has 4 rings (SSSR count). The van der Waals surface area contributed by atoms with Gasteiger partial charge in [0.2, 0.25) is 0 Å². The second-order valence-electron chi connectivity index (χ2n) is 14.1. The first-order valence-electron chi connectivity index (χ1n) is 14.4. The molecule has 0 amide bonds. The van der Waals surface area contributed by atoms with Gasteiger partial charge in [0, 0.05) is 24.7 Å². The first-order valence-corrected chi connectivity index (χ1v) is 14.4. The van der Waals surface area contributed by atoms with E-state index in [2.05, 4.69) is 54.5 Å². The Morgan fingerprint density at radius 2 is 1.67 bits per heavy atom. The lowest BCUT2D eigenvalue weighted by molar-refractivity contribution is -0.156. The summed E-state index contributed by atoms with van der Waals surface area (Å²) >= 11 is 0. The molecule has 0 spiro atoms. The van der Waals surface area contributed by atoms with Crippen molar-refractivity contribution in [1.82, 2.24) is 0 Å². The Kier molecular flexibility index (Phi) is 7.21. The normalized spacial score (nSPS) is 40.1. The van der Waals surface area contributed by atoms with Crippen molar-refractivity contribution in [2.75, 3.05) is 6.61 Å². The fourth-order valence-electron chi connectivity index (χ4n) is 9.42. The summed E-state index contributed by atoms with van der Waals surface area (Å²) in [7, 11) is 0. The van der Waals surface area contributed by atoms with Gasteiger partial charge in [-0.05, 0) is 101 Å². The van der Waals surface area contributed by atoms with Crippen molar-refractivity contribution in [1.29, 1.82) is 0 Å². The van der Waals surface area contributed by atoms with Crippen molar-refractivity contribution in [2.24, 2.45) is 39.9 Å². The van der Waals surface area contributed by atoms with E-state index in [0.717, 1.165) is 51.4 Å². The molecule has 0 aromatic rings. The molecule has 4 aliphatic carbocycles. The van der Waals surface area contributed by atoms with Crippen LogP contribution in [0.4, 0.5) is 0 Å². The fraction of sp³-hybridized carbons (Fsp3) is 0.812. The van der Waals surface area contributed by atoms with Gasteiger partial charge in [0.25, 0.3) is 0 Å². The van der Waals surface area contributed by atoms with Gasteiger partial charge in [-0.15, -0.1) is 0 Å². The minimum absolute atomic E-state index is 0.0147. The lowest BCUT2D eigenvalue weighted by Crippen LogP contribution is -2.55. The molecule has 7 atom stereocenters. The van der Waals surface area contributed by atoms with Crippen molar-refractivity contribution in [3.63, 3.8) is 0 Å². The Balaban J connectivity index is 1.64. The predicted octanol–water partition coefficient (Wildman–Crippen LogP) is 7.20. The van der Waals surface area contributed by atoms with Crippen LogP contribution in [0.1, 0.15) is 113 Å². The van der Waals surface area contributed by atoms with Gasteiger partial charge in [0.1, 0.15) is 5.78 Å². The number of hydrogen-bond donors (Lipinski definition) is 1. The number of Topliss-reactive ketones (excluding diaryl/α,β-unsaturated/α-hetero) is 1. The molecule has 4 nitrogen and oxygen atoms in total. The van der Waals surface area contributed by atoms with Crippen molar-refractivity contribution in [3.8, 4) is 0 Å². The van der Waals surface area contributed by atoms with Gasteiger partial charge in [-0.25, -0.2) is 0 Å². The van der Waals surface area contributed by atoms with Gasteiger partial charge in [-0.3, -0.25) is 9.59 Å². The number of carbonyl (C=O) groups is 2. The molecular formula is C32H50O4. The first-order chi connectivity index (χ1) is 16.7. The topological polar surface area (TPSA) is 63.6 Å². The summed E-state index contributed by atoms with van der Waals surface area (Å²) in [6, 6.07) is 0. The minimum Gasteiger partial charge on any atom is -0.466 e. The monoisotopic (exact) mass is 498 g/mol. The van der Waals surface area contributed by atoms with E-state index in [0.29, 0.717) is 24.7 Å². The molecule has 0 bridgehead atoms. The third-order valence-corrected chi connectivity index (χ3v) is 11.4. The van der Waals surface area contributed by atoms with Crippen LogP contribution in [0.2, 0.25) is 0 Å². The molecule has 0 aromatic heterocycles. The maximum atomic E-state index is 12.9. The summed E-state index contributed by atoms with van der Waals surface area (Å²) in [5, 5.41) is 12.3. The lowest BCUT2D eigenvalue weighted by Gasteiger charge is -2.55. The zero-order chi connectivity index (χ0) is 26.7. The minimum atomic E-state index is -0.827. The van der Waals surface area contributed by atoms with Crippen LogP contribution >= 0.6 is 0 Å². The van der Waals surface area contributed by atoms with E-state index in [1.54, 1.807) is 11.1 Å². The number of ketones is 1. The SMILES string of the molecule is CC(=O)OC[C@H](CCC=C(C)C)[C@H]1CC[C@@]2(C)C3=C(C[C@H]2[C@]1(C)O)[C@@]1(C)CCC(=O)C(C)(C)[C@@H]1CC3. The summed E-state index contributed by atoms with van der Waals surface area (Å²) < 4.78 is 5.55. The second-order valence-corrected chi connectivity index (χ2v) is 14.1. The molecule has 0 aromatic carbocycles. The molecule has 4 aliphatic rings. The number of carbonyl (C=O) groups excluding carboxylic acids is 2. The molecule has 2 saturated carbocycles. The summed E-state index contributed by atoms with van der Waals surface area (Å²) in [6.07, 6.45) is 10.9. The zero-order valence-electron chi connectivity index (χ0n) is 24.1. The van der Waals surface area contributed by atoms with Crippen LogP contribution in [0, 0.1) is 39.9 Å². The summed E-state index contributed by atoms with van der Waals surface area (Å²) in [5.74, 6) is 0.996.